The molecule has 0 amide bonds. The maximum Gasteiger partial charge on any atom is 0.251 e. The molecule has 2 heterocycles. The molecule has 1 aromatic carbocycles. The first-order valence-corrected chi connectivity index (χ1v) is 5.94. The Hall–Kier alpha value is -2.56. The molecule has 0 fully saturated rings. The number of fused-ring (bicyclic) bond motifs is 1. The van der Waals surface area contributed by atoms with Crippen molar-refractivity contribution < 1.29 is 4.42 Å². The highest BCUT2D eigenvalue weighted by Crippen LogP contribution is 2.18. The van der Waals surface area contributed by atoms with Gasteiger partial charge in [-0.15, -0.1) is 0 Å². The molecule has 2 aromatic heterocycles. The lowest BCUT2D eigenvalue weighted by molar-refractivity contribution is 0.504. The Bertz CT molecular complexity index is 802. The maximum atomic E-state index is 11.8. The summed E-state index contributed by atoms with van der Waals surface area (Å²) in [5, 5.41) is 0. The van der Waals surface area contributed by atoms with E-state index in [1.807, 2.05) is 13.0 Å². The molecule has 5 nitrogen and oxygen atoms in total. The van der Waals surface area contributed by atoms with Crippen LogP contribution in [-0.2, 0) is 6.54 Å². The molecule has 0 aliphatic rings. The van der Waals surface area contributed by atoms with Crippen LogP contribution < -0.4 is 11.3 Å². The summed E-state index contributed by atoms with van der Waals surface area (Å²) < 4.78 is 7.14. The zero-order chi connectivity index (χ0) is 13.4. The number of nitrogens with two attached hydrogens (primary N) is 1. The van der Waals surface area contributed by atoms with Gasteiger partial charge < -0.3 is 14.7 Å². The molecule has 0 saturated carbocycles. The highest BCUT2D eigenvalue weighted by atomic mass is 16.3. The van der Waals surface area contributed by atoms with Gasteiger partial charge in [-0.05, 0) is 30.7 Å². The largest absolute Gasteiger partial charge is 0.439 e. The van der Waals surface area contributed by atoms with Crippen molar-refractivity contribution in [1.29, 1.82) is 0 Å². The van der Waals surface area contributed by atoms with Crippen molar-refractivity contribution in [3.05, 3.63) is 58.3 Å². The fourth-order valence-corrected chi connectivity index (χ4v) is 1.94. The van der Waals surface area contributed by atoms with E-state index in [4.69, 9.17) is 10.2 Å². The highest BCUT2D eigenvalue weighted by Gasteiger charge is 2.07. The van der Waals surface area contributed by atoms with Crippen LogP contribution in [0, 0.1) is 6.92 Å². The molecule has 96 valence electrons. The van der Waals surface area contributed by atoms with Gasteiger partial charge in [0.1, 0.15) is 12.1 Å². The lowest BCUT2D eigenvalue weighted by Gasteiger charge is -2.01. The third-order valence-electron chi connectivity index (χ3n) is 2.91. The van der Waals surface area contributed by atoms with Gasteiger partial charge in [0.2, 0.25) is 5.89 Å². The number of oxazole rings is 1. The summed E-state index contributed by atoms with van der Waals surface area (Å²) in [6.07, 6.45) is 1.74. The van der Waals surface area contributed by atoms with Crippen LogP contribution in [0.4, 0.5) is 5.69 Å². The van der Waals surface area contributed by atoms with Gasteiger partial charge in [0.05, 0.1) is 0 Å². The zero-order valence-electron chi connectivity index (χ0n) is 10.5. The van der Waals surface area contributed by atoms with E-state index in [1.54, 1.807) is 35.0 Å². The molecule has 0 saturated heterocycles. The molecule has 19 heavy (non-hydrogen) atoms. The Balaban J connectivity index is 1.99. The van der Waals surface area contributed by atoms with Crippen molar-refractivity contribution in [2.45, 2.75) is 13.5 Å². The van der Waals surface area contributed by atoms with Crippen LogP contribution in [0.3, 0.4) is 0 Å². The minimum absolute atomic E-state index is 0.0678. The van der Waals surface area contributed by atoms with E-state index in [2.05, 4.69) is 4.98 Å². The van der Waals surface area contributed by atoms with Gasteiger partial charge in [0.25, 0.3) is 5.56 Å². The van der Waals surface area contributed by atoms with Crippen LogP contribution in [0.15, 0.2) is 45.7 Å². The molecular formula is C14H13N3O2. The number of anilines is 1. The van der Waals surface area contributed by atoms with Crippen molar-refractivity contribution >= 4 is 16.8 Å². The number of aromatic nitrogens is 2. The average Bonchev–Trinajstić information content (AvgIpc) is 2.74. The van der Waals surface area contributed by atoms with E-state index in [0.29, 0.717) is 23.7 Å². The van der Waals surface area contributed by atoms with Crippen molar-refractivity contribution in [3.63, 3.8) is 0 Å². The Kier molecular flexibility index (Phi) is 2.59. The molecule has 5 heteroatoms. The number of rotatable bonds is 2. The quantitative estimate of drug-likeness (QED) is 0.710. The van der Waals surface area contributed by atoms with Crippen molar-refractivity contribution in [2.75, 3.05) is 5.73 Å². The number of nitrogens with zero attached hydrogens (tertiary/aromatic N) is 2. The van der Waals surface area contributed by atoms with Crippen LogP contribution in [0.5, 0.6) is 0 Å². The molecule has 0 bridgehead atoms. The normalized spacial score (nSPS) is 11.0. The summed E-state index contributed by atoms with van der Waals surface area (Å²) in [5.74, 6) is 0.492. The molecule has 3 rings (SSSR count). The third-order valence-corrected chi connectivity index (χ3v) is 2.91. The Morgan fingerprint density at radius 1 is 1.32 bits per heavy atom. The molecule has 0 radical (unpaired) electrons. The SMILES string of the molecule is Cc1ccn(Cc2nc3ccc(N)cc3o2)c(=O)c1. The van der Waals surface area contributed by atoms with E-state index in [1.165, 1.54) is 0 Å². The Morgan fingerprint density at radius 3 is 2.95 bits per heavy atom. The number of nitrogen functional groups attached to an aromatic ring is 1. The fourth-order valence-electron chi connectivity index (χ4n) is 1.94. The van der Waals surface area contributed by atoms with Crippen LogP contribution >= 0.6 is 0 Å². The summed E-state index contributed by atoms with van der Waals surface area (Å²) in [6.45, 7) is 2.20. The minimum Gasteiger partial charge on any atom is -0.439 e. The molecule has 0 aliphatic heterocycles. The van der Waals surface area contributed by atoms with Crippen LogP contribution in [0.25, 0.3) is 11.1 Å². The highest BCUT2D eigenvalue weighted by molar-refractivity contribution is 5.76. The summed E-state index contributed by atoms with van der Waals surface area (Å²) in [4.78, 5) is 16.1. The Labute approximate surface area is 109 Å². The second-order valence-corrected chi connectivity index (χ2v) is 4.50. The molecule has 0 spiro atoms. The third kappa shape index (κ3) is 2.22. The van der Waals surface area contributed by atoms with Crippen molar-refractivity contribution in [3.8, 4) is 0 Å². The number of hydrogen-bond acceptors (Lipinski definition) is 4. The van der Waals surface area contributed by atoms with Crippen LogP contribution in [-0.4, -0.2) is 9.55 Å². The first-order valence-electron chi connectivity index (χ1n) is 5.94. The smallest absolute Gasteiger partial charge is 0.251 e. The van der Waals surface area contributed by atoms with Crippen LogP contribution in [0.2, 0.25) is 0 Å². The average molecular weight is 255 g/mol. The first kappa shape index (κ1) is 11.5. The lowest BCUT2D eigenvalue weighted by atomic mass is 10.3. The number of aryl methyl sites for hydroxylation is 1. The van der Waals surface area contributed by atoms with Gasteiger partial charge >= 0.3 is 0 Å². The molecule has 0 aliphatic carbocycles. The zero-order valence-corrected chi connectivity index (χ0v) is 10.5. The number of pyridine rings is 1. The summed E-state index contributed by atoms with van der Waals surface area (Å²) in [5.41, 5.74) is 8.55. The minimum atomic E-state index is -0.0678. The molecule has 2 N–H and O–H groups in total. The summed E-state index contributed by atoms with van der Waals surface area (Å²) in [6, 6.07) is 8.76. The predicted octanol–water partition coefficient (Wildman–Crippen LogP) is 1.93. The number of hydrogen-bond donors (Lipinski definition) is 1. The maximum absolute atomic E-state index is 11.8. The first-order chi connectivity index (χ1) is 9.11. The molecule has 0 atom stereocenters. The van der Waals surface area contributed by atoms with E-state index in [0.717, 1.165) is 11.1 Å². The standard InChI is InChI=1S/C14H13N3O2/c1-9-4-5-17(14(18)6-9)8-13-16-11-3-2-10(15)7-12(11)19-13/h2-7H,8,15H2,1H3. The fraction of sp³-hybridized carbons (Fsp3) is 0.143. The van der Waals surface area contributed by atoms with Gasteiger partial charge in [-0.3, -0.25) is 4.79 Å². The lowest BCUT2D eigenvalue weighted by Crippen LogP contribution is -2.19. The van der Waals surface area contributed by atoms with E-state index >= 15 is 0 Å². The summed E-state index contributed by atoms with van der Waals surface area (Å²) in [7, 11) is 0. The van der Waals surface area contributed by atoms with Gasteiger partial charge in [-0.2, -0.15) is 0 Å². The van der Waals surface area contributed by atoms with Gasteiger partial charge in [-0.1, -0.05) is 0 Å². The van der Waals surface area contributed by atoms with Gasteiger partial charge in [0.15, 0.2) is 5.58 Å². The molecule has 3 aromatic rings. The van der Waals surface area contributed by atoms with E-state index in [9.17, 15) is 4.79 Å². The van der Waals surface area contributed by atoms with Gasteiger partial charge in [-0.25, -0.2) is 4.98 Å². The monoisotopic (exact) mass is 255 g/mol. The summed E-state index contributed by atoms with van der Waals surface area (Å²) >= 11 is 0. The number of benzene rings is 1. The van der Waals surface area contributed by atoms with Gasteiger partial charge in [0, 0.05) is 24.0 Å². The second kappa shape index (κ2) is 4.28. The van der Waals surface area contributed by atoms with Crippen molar-refractivity contribution in [2.24, 2.45) is 0 Å². The van der Waals surface area contributed by atoms with E-state index < -0.39 is 0 Å². The van der Waals surface area contributed by atoms with Crippen LogP contribution in [0.1, 0.15) is 11.5 Å². The molecular weight excluding hydrogens is 242 g/mol. The topological polar surface area (TPSA) is 74.1 Å². The van der Waals surface area contributed by atoms with Crippen molar-refractivity contribution in [1.82, 2.24) is 9.55 Å². The second-order valence-electron chi connectivity index (χ2n) is 4.50. The Morgan fingerprint density at radius 2 is 2.16 bits per heavy atom. The van der Waals surface area contributed by atoms with E-state index in [-0.39, 0.29) is 5.56 Å². The predicted molar refractivity (Wildman–Crippen MR) is 73.0 cm³/mol. The molecule has 0 unspecified atom stereocenters.